The first-order valence-electron chi connectivity index (χ1n) is 16.3. The second-order valence-corrected chi connectivity index (χ2v) is 13.4. The maximum Gasteiger partial charge on any atom is 0.237 e. The Balaban J connectivity index is 1.08. The highest BCUT2D eigenvalue weighted by Gasteiger charge is 2.38. The van der Waals surface area contributed by atoms with E-state index >= 15 is 0 Å². The van der Waals surface area contributed by atoms with Crippen molar-refractivity contribution in [2.24, 2.45) is 0 Å². The fourth-order valence-electron chi connectivity index (χ4n) is 6.58. The van der Waals surface area contributed by atoms with Gasteiger partial charge in [-0.2, -0.15) is 0 Å². The summed E-state index contributed by atoms with van der Waals surface area (Å²) in [6.45, 7) is 5.07. The number of ether oxygens (including phenoxy) is 2. The number of aliphatic hydroxyl groups excluding tert-OH is 1. The smallest absolute Gasteiger partial charge is 0.237 e. The molecule has 49 heavy (non-hydrogen) atoms. The van der Waals surface area contributed by atoms with Gasteiger partial charge in [-0.05, 0) is 6.42 Å². The van der Waals surface area contributed by atoms with Crippen LogP contribution in [0.1, 0.15) is 24.2 Å². The molecule has 0 aliphatic carbocycles. The SMILES string of the molecule is COc1nc(-c2cccc(-c3cccc(-c4cnc(CN5CC(N6CC(O)C6)C5)c(OC)n4)c3Cl)c2Cl)cnc1CNC[C@@H]1CCC(=O)N1. The van der Waals surface area contributed by atoms with Crippen LogP contribution in [0.15, 0.2) is 48.8 Å². The Bertz CT molecular complexity index is 1850. The number of β-amino-alcohol motifs (C(OH)–C–C–N with tert-alkyl or cyclic N) is 1. The highest BCUT2D eigenvalue weighted by Crippen LogP contribution is 2.42. The summed E-state index contributed by atoms with van der Waals surface area (Å²) in [5.41, 5.74) is 5.42. The molecule has 1 amide bonds. The Kier molecular flexibility index (Phi) is 9.95. The summed E-state index contributed by atoms with van der Waals surface area (Å²) in [5, 5.41) is 16.8. The van der Waals surface area contributed by atoms with Crippen LogP contribution in [0, 0.1) is 0 Å². The van der Waals surface area contributed by atoms with Crippen LogP contribution in [0.4, 0.5) is 0 Å². The number of methoxy groups -OCH3 is 2. The van der Waals surface area contributed by atoms with Crippen LogP contribution in [-0.2, 0) is 17.9 Å². The second-order valence-electron chi connectivity index (χ2n) is 12.6. The summed E-state index contributed by atoms with van der Waals surface area (Å²) in [4.78, 5) is 35.0. The first-order chi connectivity index (χ1) is 23.8. The number of rotatable bonds is 12. The maximum absolute atomic E-state index is 11.5. The Labute approximate surface area is 294 Å². The number of benzene rings is 2. The van der Waals surface area contributed by atoms with Crippen molar-refractivity contribution in [3.05, 3.63) is 70.2 Å². The molecule has 7 rings (SSSR count). The Morgan fingerprint density at radius 3 is 2.00 bits per heavy atom. The Morgan fingerprint density at radius 2 is 1.45 bits per heavy atom. The third kappa shape index (κ3) is 7.07. The van der Waals surface area contributed by atoms with E-state index in [4.69, 9.17) is 47.6 Å². The van der Waals surface area contributed by atoms with Crippen molar-refractivity contribution in [2.75, 3.05) is 46.9 Å². The van der Waals surface area contributed by atoms with Crippen molar-refractivity contribution in [1.82, 2.24) is 40.4 Å². The third-order valence-corrected chi connectivity index (χ3v) is 10.2. The van der Waals surface area contributed by atoms with Gasteiger partial charge in [0.2, 0.25) is 17.7 Å². The normalized spacial score (nSPS) is 18.6. The number of halogens is 2. The van der Waals surface area contributed by atoms with Gasteiger partial charge >= 0.3 is 0 Å². The van der Waals surface area contributed by atoms with Gasteiger partial charge in [0.05, 0.1) is 54.2 Å². The van der Waals surface area contributed by atoms with Gasteiger partial charge in [-0.1, -0.05) is 59.6 Å². The lowest BCUT2D eigenvalue weighted by atomic mass is 9.98. The van der Waals surface area contributed by atoms with Crippen LogP contribution < -0.4 is 20.1 Å². The number of aromatic nitrogens is 4. The molecule has 4 aromatic rings. The van der Waals surface area contributed by atoms with Crippen molar-refractivity contribution in [3.63, 3.8) is 0 Å². The molecule has 12 nitrogen and oxygen atoms in total. The molecule has 256 valence electrons. The van der Waals surface area contributed by atoms with Crippen molar-refractivity contribution < 1.29 is 19.4 Å². The molecule has 3 fully saturated rings. The second kappa shape index (κ2) is 14.5. The molecule has 0 spiro atoms. The molecule has 1 atom stereocenters. The number of carbonyl (C=O) groups excluding carboxylic acids is 1. The summed E-state index contributed by atoms with van der Waals surface area (Å²) in [6, 6.07) is 12.0. The molecule has 3 saturated heterocycles. The van der Waals surface area contributed by atoms with Crippen molar-refractivity contribution in [1.29, 1.82) is 0 Å². The van der Waals surface area contributed by atoms with E-state index in [1.54, 1.807) is 26.6 Å². The van der Waals surface area contributed by atoms with Crippen LogP contribution in [0.2, 0.25) is 10.0 Å². The molecule has 3 aliphatic rings. The number of carbonyl (C=O) groups is 1. The monoisotopic (exact) mass is 704 g/mol. The predicted octanol–water partition coefficient (Wildman–Crippen LogP) is 3.82. The molecule has 0 radical (unpaired) electrons. The number of aliphatic hydroxyl groups is 1. The minimum atomic E-state index is -0.192. The third-order valence-electron chi connectivity index (χ3n) is 9.34. The number of nitrogens with zero attached hydrogens (tertiary/aromatic N) is 6. The lowest BCUT2D eigenvalue weighted by Crippen LogP contribution is -2.66. The van der Waals surface area contributed by atoms with Crippen LogP contribution in [0.25, 0.3) is 33.6 Å². The van der Waals surface area contributed by atoms with Gasteiger partial charge in [-0.25, -0.2) is 9.97 Å². The van der Waals surface area contributed by atoms with Crippen LogP contribution in [0.5, 0.6) is 11.8 Å². The van der Waals surface area contributed by atoms with Gasteiger partial charge in [0.15, 0.2) is 0 Å². The highest BCUT2D eigenvalue weighted by atomic mass is 35.5. The van der Waals surface area contributed by atoms with Crippen LogP contribution >= 0.6 is 23.2 Å². The van der Waals surface area contributed by atoms with Gasteiger partial charge in [0.25, 0.3) is 0 Å². The van der Waals surface area contributed by atoms with Crippen LogP contribution in [-0.4, -0.2) is 106 Å². The van der Waals surface area contributed by atoms with Crippen molar-refractivity contribution >= 4 is 29.1 Å². The lowest BCUT2D eigenvalue weighted by molar-refractivity contribution is -0.119. The van der Waals surface area contributed by atoms with E-state index in [0.29, 0.717) is 82.1 Å². The highest BCUT2D eigenvalue weighted by molar-refractivity contribution is 6.39. The van der Waals surface area contributed by atoms with E-state index in [2.05, 4.69) is 25.4 Å². The molecule has 0 bridgehead atoms. The van der Waals surface area contributed by atoms with Gasteiger partial charge in [-0.15, -0.1) is 0 Å². The topological polar surface area (TPSA) is 138 Å². The van der Waals surface area contributed by atoms with E-state index in [9.17, 15) is 9.90 Å². The van der Waals surface area contributed by atoms with Crippen molar-refractivity contribution in [3.8, 4) is 45.4 Å². The van der Waals surface area contributed by atoms with Gasteiger partial charge < -0.3 is 25.2 Å². The zero-order valence-corrected chi connectivity index (χ0v) is 28.8. The van der Waals surface area contributed by atoms with E-state index in [1.807, 2.05) is 36.4 Å². The summed E-state index contributed by atoms with van der Waals surface area (Å²) in [5.74, 6) is 0.932. The number of hydrogen-bond donors (Lipinski definition) is 3. The fraction of sp³-hybridized carbons (Fsp3) is 0.400. The molecule has 5 heterocycles. The summed E-state index contributed by atoms with van der Waals surface area (Å²) in [7, 11) is 3.16. The van der Waals surface area contributed by atoms with Gasteiger partial charge in [-0.3, -0.25) is 24.6 Å². The Hall–Kier alpha value is -3.91. The molecule has 2 aromatic carbocycles. The molecule has 2 aromatic heterocycles. The lowest BCUT2D eigenvalue weighted by Gasteiger charge is -2.50. The summed E-state index contributed by atoms with van der Waals surface area (Å²) >= 11 is 14.1. The molecule has 0 saturated carbocycles. The minimum Gasteiger partial charge on any atom is -0.480 e. The summed E-state index contributed by atoms with van der Waals surface area (Å²) in [6.07, 6.45) is 4.59. The molecule has 14 heteroatoms. The largest absolute Gasteiger partial charge is 0.480 e. The van der Waals surface area contributed by atoms with E-state index in [-0.39, 0.29) is 18.1 Å². The molecule has 3 N–H and O–H groups in total. The predicted molar refractivity (Wildman–Crippen MR) is 187 cm³/mol. The zero-order chi connectivity index (χ0) is 34.1. The first-order valence-corrected chi connectivity index (χ1v) is 17.1. The average molecular weight is 706 g/mol. The number of likely N-dealkylation sites (tertiary alicyclic amines) is 2. The number of nitrogens with one attached hydrogen (secondary N) is 2. The van der Waals surface area contributed by atoms with Crippen LogP contribution in [0.3, 0.4) is 0 Å². The molecular weight excluding hydrogens is 667 g/mol. The summed E-state index contributed by atoms with van der Waals surface area (Å²) < 4.78 is 11.2. The van der Waals surface area contributed by atoms with Crippen molar-refractivity contribution in [2.45, 2.75) is 44.1 Å². The number of hydrogen-bond acceptors (Lipinski definition) is 11. The molecular formula is C35H38Cl2N8O4. The molecule has 0 unspecified atom stereocenters. The fourth-order valence-corrected chi connectivity index (χ4v) is 7.23. The zero-order valence-electron chi connectivity index (χ0n) is 27.3. The molecule has 3 aliphatic heterocycles. The first kappa shape index (κ1) is 33.6. The quantitative estimate of drug-likeness (QED) is 0.199. The van der Waals surface area contributed by atoms with Gasteiger partial charge in [0, 0.05) is 86.6 Å². The Morgan fingerprint density at radius 1 is 0.878 bits per heavy atom. The van der Waals surface area contributed by atoms with E-state index in [1.165, 1.54) is 0 Å². The van der Waals surface area contributed by atoms with E-state index in [0.717, 1.165) is 49.4 Å². The standard InChI is InChI=1S/C35H38Cl2N8O4/c1-48-34-29(12-38-11-20-9-10-31(47)41-20)39-13-27(42-34)25-7-3-5-23(32(25)36)24-6-4-8-26(33(24)37)28-14-40-30(35(43-28)49-2)19-44-15-21(16-44)45-17-22(46)18-45/h3-8,13-14,20-22,38,46H,9-12,15-19H2,1-2H3,(H,41,47)/t20-/m0/s1. The van der Waals surface area contributed by atoms with Gasteiger partial charge in [0.1, 0.15) is 11.4 Å². The number of amides is 1. The van der Waals surface area contributed by atoms with E-state index < -0.39 is 0 Å². The average Bonchev–Trinajstić information content (AvgIpc) is 3.50. The minimum absolute atomic E-state index is 0.0842. The maximum atomic E-state index is 11.5.